The zero-order chi connectivity index (χ0) is 17.8. The monoisotopic (exact) mass is 363 g/mol. The average molecular weight is 363 g/mol. The summed E-state index contributed by atoms with van der Waals surface area (Å²) >= 11 is 1.75. The van der Waals surface area contributed by atoms with E-state index in [1.807, 2.05) is 18.3 Å². The molecule has 132 valence electrons. The van der Waals surface area contributed by atoms with Gasteiger partial charge in [0.2, 0.25) is 0 Å². The molecule has 0 aliphatic carbocycles. The van der Waals surface area contributed by atoms with E-state index in [9.17, 15) is 4.79 Å². The van der Waals surface area contributed by atoms with Gasteiger partial charge in [0.1, 0.15) is 0 Å². The van der Waals surface area contributed by atoms with Crippen LogP contribution in [0.1, 0.15) is 11.1 Å². The summed E-state index contributed by atoms with van der Waals surface area (Å²) in [6.45, 7) is 1.26. The maximum absolute atomic E-state index is 12.0. The fourth-order valence-corrected chi connectivity index (χ4v) is 4.25. The van der Waals surface area contributed by atoms with Crippen molar-refractivity contribution in [1.29, 1.82) is 0 Å². The molecule has 5 heteroatoms. The number of hydrogen-bond donors (Lipinski definition) is 3. The molecule has 3 N–H and O–H groups in total. The van der Waals surface area contributed by atoms with E-state index in [-0.39, 0.29) is 6.03 Å². The molecule has 2 heterocycles. The van der Waals surface area contributed by atoms with E-state index in [2.05, 4.69) is 57.4 Å². The van der Waals surface area contributed by atoms with Crippen molar-refractivity contribution in [2.45, 2.75) is 12.8 Å². The van der Waals surface area contributed by atoms with Crippen LogP contribution < -0.4 is 10.6 Å². The highest BCUT2D eigenvalue weighted by Crippen LogP contribution is 2.25. The first-order valence-corrected chi connectivity index (χ1v) is 9.71. The van der Waals surface area contributed by atoms with Crippen LogP contribution in [0.3, 0.4) is 0 Å². The van der Waals surface area contributed by atoms with E-state index in [1.165, 1.54) is 26.6 Å². The van der Waals surface area contributed by atoms with Crippen molar-refractivity contribution in [1.82, 2.24) is 15.6 Å². The standard InChI is InChI=1S/C21H21N3OS/c25-21(22-11-9-15-13-24-19-7-3-1-5-17(15)19)23-12-10-16-14-26-20-8-4-2-6-18(16)20/h1-8,13-14,24H,9-12H2,(H2,22,23,25). The van der Waals surface area contributed by atoms with Gasteiger partial charge in [-0.3, -0.25) is 0 Å². The maximum Gasteiger partial charge on any atom is 0.314 e. The lowest BCUT2D eigenvalue weighted by atomic mass is 10.1. The summed E-state index contributed by atoms with van der Waals surface area (Å²) in [6, 6.07) is 16.5. The molecule has 0 saturated heterocycles. The summed E-state index contributed by atoms with van der Waals surface area (Å²) in [6.07, 6.45) is 3.68. The van der Waals surface area contributed by atoms with Crippen LogP contribution in [-0.2, 0) is 12.8 Å². The van der Waals surface area contributed by atoms with Crippen LogP contribution in [-0.4, -0.2) is 24.1 Å². The number of urea groups is 1. The smallest absolute Gasteiger partial charge is 0.314 e. The largest absolute Gasteiger partial charge is 0.361 e. The summed E-state index contributed by atoms with van der Waals surface area (Å²) in [7, 11) is 0. The molecule has 0 aliphatic rings. The van der Waals surface area contributed by atoms with Gasteiger partial charge in [0, 0.05) is 34.9 Å². The normalized spacial score (nSPS) is 11.1. The molecule has 0 spiro atoms. The minimum absolute atomic E-state index is 0.107. The Morgan fingerprint density at radius 1 is 0.885 bits per heavy atom. The second-order valence-corrected chi connectivity index (χ2v) is 7.21. The highest BCUT2D eigenvalue weighted by molar-refractivity contribution is 7.17. The Kier molecular flexibility index (Phi) is 4.88. The first-order valence-electron chi connectivity index (χ1n) is 8.83. The fraction of sp³-hybridized carbons (Fsp3) is 0.190. The lowest BCUT2D eigenvalue weighted by molar-refractivity contribution is 0.241. The minimum Gasteiger partial charge on any atom is -0.361 e. The number of para-hydroxylation sites is 1. The Hall–Kier alpha value is -2.79. The van der Waals surface area contributed by atoms with Crippen molar-refractivity contribution in [3.63, 3.8) is 0 Å². The van der Waals surface area contributed by atoms with Crippen LogP contribution in [0.5, 0.6) is 0 Å². The van der Waals surface area contributed by atoms with Gasteiger partial charge in [0.25, 0.3) is 0 Å². The molecule has 2 amide bonds. The first kappa shape index (κ1) is 16.7. The van der Waals surface area contributed by atoms with Crippen molar-refractivity contribution >= 4 is 38.4 Å². The molecule has 26 heavy (non-hydrogen) atoms. The zero-order valence-corrected chi connectivity index (χ0v) is 15.2. The molecule has 0 bridgehead atoms. The number of aromatic nitrogens is 1. The Bertz CT molecular complexity index is 952. The maximum atomic E-state index is 12.0. The molecule has 4 nitrogen and oxygen atoms in total. The summed E-state index contributed by atoms with van der Waals surface area (Å²) in [5, 5.41) is 10.6. The number of aromatic amines is 1. The van der Waals surface area contributed by atoms with Crippen molar-refractivity contribution < 1.29 is 4.79 Å². The third kappa shape index (κ3) is 3.58. The Labute approximate surface area is 156 Å². The number of thiophene rings is 1. The predicted octanol–water partition coefficient (Wildman–Crippen LogP) is 4.47. The second kappa shape index (κ2) is 7.62. The van der Waals surface area contributed by atoms with Gasteiger partial charge in [-0.2, -0.15) is 0 Å². The van der Waals surface area contributed by atoms with Crippen molar-refractivity contribution in [3.05, 3.63) is 71.2 Å². The Morgan fingerprint density at radius 3 is 2.42 bits per heavy atom. The number of nitrogens with one attached hydrogen (secondary N) is 3. The minimum atomic E-state index is -0.107. The predicted molar refractivity (Wildman–Crippen MR) is 109 cm³/mol. The van der Waals surface area contributed by atoms with Gasteiger partial charge < -0.3 is 15.6 Å². The molecule has 0 atom stereocenters. The highest BCUT2D eigenvalue weighted by atomic mass is 32.1. The molecule has 2 aromatic heterocycles. The lowest BCUT2D eigenvalue weighted by Crippen LogP contribution is -2.37. The van der Waals surface area contributed by atoms with E-state index in [0.717, 1.165) is 18.4 Å². The molecule has 0 aliphatic heterocycles. The summed E-state index contributed by atoms with van der Waals surface area (Å²) in [5.74, 6) is 0. The van der Waals surface area contributed by atoms with Crippen LogP contribution in [0, 0.1) is 0 Å². The average Bonchev–Trinajstić information content (AvgIpc) is 3.27. The van der Waals surface area contributed by atoms with Gasteiger partial charge in [-0.25, -0.2) is 4.79 Å². The molecule has 0 saturated carbocycles. The van der Waals surface area contributed by atoms with Gasteiger partial charge in [-0.05, 0) is 46.9 Å². The highest BCUT2D eigenvalue weighted by Gasteiger charge is 2.06. The lowest BCUT2D eigenvalue weighted by Gasteiger charge is -2.07. The van der Waals surface area contributed by atoms with E-state index >= 15 is 0 Å². The van der Waals surface area contributed by atoms with Crippen LogP contribution in [0.2, 0.25) is 0 Å². The van der Waals surface area contributed by atoms with E-state index < -0.39 is 0 Å². The summed E-state index contributed by atoms with van der Waals surface area (Å²) in [5.41, 5.74) is 3.66. The van der Waals surface area contributed by atoms with Gasteiger partial charge >= 0.3 is 6.03 Å². The van der Waals surface area contributed by atoms with Crippen LogP contribution in [0.15, 0.2) is 60.1 Å². The van der Waals surface area contributed by atoms with E-state index in [0.29, 0.717) is 13.1 Å². The SMILES string of the molecule is O=C(NCCc1c[nH]c2ccccc12)NCCc1csc2ccccc12. The van der Waals surface area contributed by atoms with Gasteiger partial charge in [0.05, 0.1) is 0 Å². The zero-order valence-electron chi connectivity index (χ0n) is 14.4. The van der Waals surface area contributed by atoms with Gasteiger partial charge in [-0.1, -0.05) is 36.4 Å². The number of carbonyl (C=O) groups is 1. The molecule has 0 unspecified atom stereocenters. The number of benzene rings is 2. The number of carbonyl (C=O) groups excluding carboxylic acids is 1. The number of rotatable bonds is 6. The number of hydrogen-bond acceptors (Lipinski definition) is 2. The second-order valence-electron chi connectivity index (χ2n) is 6.30. The molecule has 0 fully saturated rings. The third-order valence-electron chi connectivity index (χ3n) is 4.60. The van der Waals surface area contributed by atoms with Gasteiger partial charge in [-0.15, -0.1) is 11.3 Å². The molecule has 4 rings (SSSR count). The van der Waals surface area contributed by atoms with Crippen molar-refractivity contribution in [3.8, 4) is 0 Å². The third-order valence-corrected chi connectivity index (χ3v) is 5.61. The van der Waals surface area contributed by atoms with E-state index in [4.69, 9.17) is 0 Å². The topological polar surface area (TPSA) is 56.9 Å². The molecular formula is C21H21N3OS. The first-order chi connectivity index (χ1) is 12.8. The number of fused-ring (bicyclic) bond motifs is 2. The number of H-pyrrole nitrogens is 1. The van der Waals surface area contributed by atoms with Crippen LogP contribution in [0.25, 0.3) is 21.0 Å². The quantitative estimate of drug-likeness (QED) is 0.465. The Balaban J connectivity index is 1.23. The Morgan fingerprint density at radius 2 is 1.58 bits per heavy atom. The number of amides is 2. The van der Waals surface area contributed by atoms with Crippen LogP contribution in [0.4, 0.5) is 4.79 Å². The molecule has 2 aromatic carbocycles. The van der Waals surface area contributed by atoms with Crippen LogP contribution >= 0.6 is 11.3 Å². The fourth-order valence-electron chi connectivity index (χ4n) is 3.25. The van der Waals surface area contributed by atoms with Gasteiger partial charge in [0.15, 0.2) is 0 Å². The van der Waals surface area contributed by atoms with E-state index in [1.54, 1.807) is 11.3 Å². The molecule has 4 aromatic rings. The van der Waals surface area contributed by atoms with Crippen molar-refractivity contribution in [2.75, 3.05) is 13.1 Å². The molecular weight excluding hydrogens is 342 g/mol. The molecule has 0 radical (unpaired) electrons. The summed E-state index contributed by atoms with van der Waals surface area (Å²) in [4.78, 5) is 15.3. The van der Waals surface area contributed by atoms with Crippen molar-refractivity contribution in [2.24, 2.45) is 0 Å². The summed E-state index contributed by atoms with van der Waals surface area (Å²) < 4.78 is 1.30.